The van der Waals surface area contributed by atoms with Crippen LogP contribution >= 0.6 is 23.2 Å². The summed E-state index contributed by atoms with van der Waals surface area (Å²) in [6.07, 6.45) is 3.72. The highest BCUT2D eigenvalue weighted by atomic mass is 35.5. The number of anilines is 1. The molecule has 0 radical (unpaired) electrons. The summed E-state index contributed by atoms with van der Waals surface area (Å²) in [5, 5.41) is 14.5. The van der Waals surface area contributed by atoms with Crippen LogP contribution in [0.3, 0.4) is 0 Å². The van der Waals surface area contributed by atoms with E-state index in [4.69, 9.17) is 23.2 Å². The van der Waals surface area contributed by atoms with Crippen molar-refractivity contribution in [3.8, 4) is 0 Å². The maximum Gasteiger partial charge on any atom is 0.337 e. The molecule has 2 N–H and O–H groups in total. The highest BCUT2D eigenvalue weighted by molar-refractivity contribution is 6.35. The smallest absolute Gasteiger partial charge is 0.337 e. The molecule has 1 heterocycles. The molecule has 2 bridgehead atoms. The molecular formula is C21H19Cl2NO2. The summed E-state index contributed by atoms with van der Waals surface area (Å²) < 4.78 is 0. The summed E-state index contributed by atoms with van der Waals surface area (Å²) in [5.74, 6) is 1.27. The molecular weight excluding hydrogens is 369 g/mol. The predicted octanol–water partition coefficient (Wildman–Crippen LogP) is 5.99. The monoisotopic (exact) mass is 387 g/mol. The number of hydrogen-bond acceptors (Lipinski definition) is 2. The van der Waals surface area contributed by atoms with Crippen molar-refractivity contribution >= 4 is 34.9 Å². The largest absolute Gasteiger partial charge is 0.478 e. The molecule has 0 aromatic heterocycles. The van der Waals surface area contributed by atoms with Crippen LogP contribution in [0.1, 0.15) is 52.7 Å². The lowest BCUT2D eigenvalue weighted by Gasteiger charge is -2.44. The Balaban J connectivity index is 1.69. The van der Waals surface area contributed by atoms with Gasteiger partial charge in [0.2, 0.25) is 0 Å². The Morgan fingerprint density at radius 1 is 1.08 bits per heavy atom. The number of fused-ring (bicyclic) bond motifs is 7. The first kappa shape index (κ1) is 16.5. The Morgan fingerprint density at radius 3 is 2.65 bits per heavy atom. The number of halogens is 2. The van der Waals surface area contributed by atoms with Gasteiger partial charge in [-0.3, -0.25) is 0 Å². The second kappa shape index (κ2) is 5.90. The maximum absolute atomic E-state index is 11.8. The van der Waals surface area contributed by atoms with Gasteiger partial charge in [0, 0.05) is 10.0 Å². The van der Waals surface area contributed by atoms with Gasteiger partial charge in [-0.25, -0.2) is 4.79 Å². The van der Waals surface area contributed by atoms with E-state index >= 15 is 0 Å². The third-order valence-electron chi connectivity index (χ3n) is 6.65. The first-order valence-electron chi connectivity index (χ1n) is 9.12. The number of carbonyl (C=O) groups is 1. The molecule has 0 saturated heterocycles. The molecule has 134 valence electrons. The molecule has 5 heteroatoms. The third kappa shape index (κ3) is 2.30. The molecule has 2 aliphatic carbocycles. The van der Waals surface area contributed by atoms with Gasteiger partial charge in [0.05, 0.1) is 17.3 Å². The van der Waals surface area contributed by atoms with Gasteiger partial charge in [0.1, 0.15) is 0 Å². The fraction of sp³-hybridized carbons (Fsp3) is 0.381. The number of carboxylic acids is 1. The molecule has 3 nitrogen and oxygen atoms in total. The topological polar surface area (TPSA) is 49.3 Å². The number of benzene rings is 2. The van der Waals surface area contributed by atoms with Crippen molar-refractivity contribution < 1.29 is 9.90 Å². The van der Waals surface area contributed by atoms with Gasteiger partial charge >= 0.3 is 5.97 Å². The molecule has 26 heavy (non-hydrogen) atoms. The van der Waals surface area contributed by atoms with E-state index in [1.165, 1.54) is 24.8 Å². The van der Waals surface area contributed by atoms with E-state index in [2.05, 4.69) is 11.4 Å². The third-order valence-corrected chi connectivity index (χ3v) is 7.21. The second-order valence-electron chi connectivity index (χ2n) is 7.80. The van der Waals surface area contributed by atoms with Gasteiger partial charge in [0.15, 0.2) is 0 Å². The lowest BCUT2D eigenvalue weighted by atomic mass is 9.67. The van der Waals surface area contributed by atoms with E-state index in [-0.39, 0.29) is 6.04 Å². The molecule has 2 aromatic carbocycles. The fourth-order valence-electron chi connectivity index (χ4n) is 5.75. The number of carboxylic acid groups (broad SMARTS) is 1. The van der Waals surface area contributed by atoms with Gasteiger partial charge in [0.25, 0.3) is 0 Å². The summed E-state index contributed by atoms with van der Waals surface area (Å²) in [5.41, 5.74) is 3.30. The van der Waals surface area contributed by atoms with Crippen molar-refractivity contribution in [2.24, 2.45) is 17.8 Å². The van der Waals surface area contributed by atoms with Crippen LogP contribution in [0.15, 0.2) is 36.4 Å². The molecule has 0 spiro atoms. The van der Waals surface area contributed by atoms with Crippen molar-refractivity contribution in [1.29, 1.82) is 0 Å². The Bertz CT molecular complexity index is 913. The molecule has 2 aromatic rings. The van der Waals surface area contributed by atoms with Crippen molar-refractivity contribution in [1.82, 2.24) is 0 Å². The van der Waals surface area contributed by atoms with Gasteiger partial charge in [-0.15, -0.1) is 0 Å². The fourth-order valence-corrected chi connectivity index (χ4v) is 6.28. The lowest BCUT2D eigenvalue weighted by molar-refractivity contribution is 0.0697. The minimum absolute atomic E-state index is 0.0214. The normalized spacial score (nSPS) is 31.2. The van der Waals surface area contributed by atoms with Crippen molar-refractivity contribution in [3.63, 3.8) is 0 Å². The minimum Gasteiger partial charge on any atom is -0.478 e. The molecule has 2 saturated carbocycles. The van der Waals surface area contributed by atoms with Crippen LogP contribution in [0.5, 0.6) is 0 Å². The minimum atomic E-state index is -0.892. The SMILES string of the molecule is O=C(O)c1cccc2c1N[C@H](c1ccc(Cl)cc1Cl)[C@@H]1[C@H]3CC[C@@H](C3)[C@@H]21. The molecule has 5 atom stereocenters. The van der Waals surface area contributed by atoms with Crippen LogP contribution in [-0.2, 0) is 0 Å². The van der Waals surface area contributed by atoms with Gasteiger partial charge in [-0.05, 0) is 72.3 Å². The highest BCUT2D eigenvalue weighted by Crippen LogP contribution is 2.64. The van der Waals surface area contributed by atoms with Crippen molar-refractivity contribution in [3.05, 3.63) is 63.1 Å². The number of aromatic carboxylic acids is 1. The van der Waals surface area contributed by atoms with Gasteiger partial charge in [-0.2, -0.15) is 0 Å². The quantitative estimate of drug-likeness (QED) is 0.665. The van der Waals surface area contributed by atoms with Gasteiger partial charge < -0.3 is 10.4 Å². The Hall–Kier alpha value is -1.71. The first-order valence-corrected chi connectivity index (χ1v) is 9.88. The van der Waals surface area contributed by atoms with E-state index in [1.54, 1.807) is 12.1 Å². The van der Waals surface area contributed by atoms with Crippen LogP contribution in [-0.4, -0.2) is 11.1 Å². The number of rotatable bonds is 2. The molecule has 3 aliphatic rings. The Morgan fingerprint density at radius 2 is 1.88 bits per heavy atom. The maximum atomic E-state index is 11.8. The highest BCUT2D eigenvalue weighted by Gasteiger charge is 2.54. The van der Waals surface area contributed by atoms with Gasteiger partial charge in [-0.1, -0.05) is 41.4 Å². The number of hydrogen-bond donors (Lipinski definition) is 2. The first-order chi connectivity index (χ1) is 12.5. The number of nitrogens with one attached hydrogen (secondary N) is 1. The summed E-state index contributed by atoms with van der Waals surface area (Å²) in [7, 11) is 0. The molecule has 2 fully saturated rings. The summed E-state index contributed by atoms with van der Waals surface area (Å²) in [6, 6.07) is 11.3. The molecule has 0 amide bonds. The Labute approximate surface area is 162 Å². The van der Waals surface area contributed by atoms with E-state index in [9.17, 15) is 9.90 Å². The van der Waals surface area contributed by atoms with E-state index in [1.807, 2.05) is 18.2 Å². The zero-order valence-electron chi connectivity index (χ0n) is 14.1. The second-order valence-corrected chi connectivity index (χ2v) is 8.64. The van der Waals surface area contributed by atoms with Crippen LogP contribution in [0.4, 0.5) is 5.69 Å². The average Bonchev–Trinajstić information content (AvgIpc) is 3.23. The summed E-state index contributed by atoms with van der Waals surface area (Å²) in [4.78, 5) is 11.8. The molecule has 5 rings (SSSR count). The van der Waals surface area contributed by atoms with Crippen molar-refractivity contribution in [2.75, 3.05) is 5.32 Å². The van der Waals surface area contributed by atoms with Crippen LogP contribution < -0.4 is 5.32 Å². The van der Waals surface area contributed by atoms with Crippen LogP contribution in [0, 0.1) is 17.8 Å². The summed E-state index contributed by atoms with van der Waals surface area (Å²) in [6.45, 7) is 0. The average molecular weight is 388 g/mol. The molecule has 1 aliphatic heterocycles. The zero-order chi connectivity index (χ0) is 18.0. The van der Waals surface area contributed by atoms with Crippen LogP contribution in [0.2, 0.25) is 10.0 Å². The van der Waals surface area contributed by atoms with Crippen LogP contribution in [0.25, 0.3) is 0 Å². The predicted molar refractivity (Wildman–Crippen MR) is 103 cm³/mol. The zero-order valence-corrected chi connectivity index (χ0v) is 15.6. The Kier molecular flexibility index (Phi) is 3.74. The molecule has 0 unspecified atom stereocenters. The van der Waals surface area contributed by atoms with E-state index in [0.717, 1.165) is 11.3 Å². The standard InChI is InChI=1S/C21H19Cl2NO2/c22-12-6-7-13(16(23)9-12)20-18-11-5-4-10(8-11)17(18)14-2-1-3-15(21(25)26)19(14)24-20/h1-3,6-7,9-11,17-18,20,24H,4-5,8H2,(H,25,26)/t10-,11-,17-,18+,20+/m0/s1. The van der Waals surface area contributed by atoms with E-state index in [0.29, 0.717) is 39.3 Å². The summed E-state index contributed by atoms with van der Waals surface area (Å²) >= 11 is 12.6. The lowest BCUT2D eigenvalue weighted by Crippen LogP contribution is -2.36. The van der Waals surface area contributed by atoms with Crippen molar-refractivity contribution in [2.45, 2.75) is 31.2 Å². The number of para-hydroxylation sites is 1. The van der Waals surface area contributed by atoms with E-state index < -0.39 is 5.97 Å².